The largest absolute Gasteiger partial charge is 0.486 e. The highest BCUT2D eigenvalue weighted by Crippen LogP contribution is 2.21. The van der Waals surface area contributed by atoms with Crippen LogP contribution in [-0.4, -0.2) is 10.8 Å². The number of nitrogens with two attached hydrogens (primary N) is 1. The molecule has 0 bridgehead atoms. The summed E-state index contributed by atoms with van der Waals surface area (Å²) < 4.78 is 5.62. The van der Waals surface area contributed by atoms with Crippen LogP contribution in [0.1, 0.15) is 22.5 Å². The maximum atomic E-state index is 7.51. The van der Waals surface area contributed by atoms with E-state index in [1.165, 1.54) is 11.3 Å². The Balaban J connectivity index is 2.07. The first-order valence-corrected chi connectivity index (χ1v) is 7.01. The molecule has 6 heteroatoms. The van der Waals surface area contributed by atoms with Crippen molar-refractivity contribution < 1.29 is 4.74 Å². The number of hydrogen-bond donors (Lipinski definition) is 2. The van der Waals surface area contributed by atoms with Crippen LogP contribution in [0, 0.1) is 5.41 Å². The fourth-order valence-electron chi connectivity index (χ4n) is 1.59. The van der Waals surface area contributed by atoms with Crippen LogP contribution in [0.5, 0.6) is 5.75 Å². The van der Waals surface area contributed by atoms with Gasteiger partial charge in [-0.2, -0.15) is 0 Å². The highest BCUT2D eigenvalue weighted by molar-refractivity contribution is 7.13. The number of nitrogens with zero attached hydrogens (tertiary/aromatic N) is 1. The van der Waals surface area contributed by atoms with E-state index >= 15 is 0 Å². The van der Waals surface area contributed by atoms with Gasteiger partial charge in [-0.3, -0.25) is 5.41 Å². The molecule has 0 atom stereocenters. The third-order valence-electron chi connectivity index (χ3n) is 2.50. The molecule has 0 aliphatic heterocycles. The Morgan fingerprint density at radius 3 is 2.63 bits per heavy atom. The molecule has 0 radical (unpaired) electrons. The summed E-state index contributed by atoms with van der Waals surface area (Å²) in [5.41, 5.74) is 6.38. The zero-order valence-corrected chi connectivity index (χ0v) is 12.0. The summed E-state index contributed by atoms with van der Waals surface area (Å²) >= 11 is 7.21. The topological polar surface area (TPSA) is 72.0 Å². The Hall–Kier alpha value is -1.59. The van der Waals surface area contributed by atoms with Gasteiger partial charge in [0.25, 0.3) is 0 Å². The number of aromatic nitrogens is 1. The van der Waals surface area contributed by atoms with E-state index in [0.29, 0.717) is 11.6 Å². The zero-order chi connectivity index (χ0) is 13.8. The Kier molecular flexibility index (Phi) is 4.39. The van der Waals surface area contributed by atoms with Crippen LogP contribution in [0.4, 0.5) is 0 Å². The zero-order valence-electron chi connectivity index (χ0n) is 10.4. The van der Waals surface area contributed by atoms with E-state index in [1.54, 1.807) is 12.1 Å². The average molecular weight is 296 g/mol. The third-order valence-corrected chi connectivity index (χ3v) is 3.85. The van der Waals surface area contributed by atoms with Gasteiger partial charge in [-0.05, 0) is 30.7 Å². The number of benzene rings is 1. The number of hydrogen-bond acceptors (Lipinski definition) is 4. The quantitative estimate of drug-likeness (QED) is 0.657. The van der Waals surface area contributed by atoms with E-state index in [0.717, 1.165) is 27.7 Å². The lowest BCUT2D eigenvalue weighted by Gasteiger charge is -2.03. The van der Waals surface area contributed by atoms with Gasteiger partial charge in [0, 0.05) is 5.02 Å². The normalized spacial score (nSPS) is 10.4. The molecule has 0 aliphatic rings. The van der Waals surface area contributed by atoms with E-state index in [4.69, 9.17) is 27.5 Å². The van der Waals surface area contributed by atoms with Gasteiger partial charge in [0.05, 0.1) is 10.6 Å². The van der Waals surface area contributed by atoms with Crippen molar-refractivity contribution in [3.05, 3.63) is 44.9 Å². The molecule has 1 heterocycles. The first-order valence-electron chi connectivity index (χ1n) is 5.81. The summed E-state index contributed by atoms with van der Waals surface area (Å²) in [5, 5.41) is 9.00. The van der Waals surface area contributed by atoms with Crippen LogP contribution in [0.15, 0.2) is 24.3 Å². The van der Waals surface area contributed by atoms with Gasteiger partial charge in [0.2, 0.25) is 0 Å². The lowest BCUT2D eigenvalue weighted by atomic mass is 10.3. The Morgan fingerprint density at radius 2 is 2.11 bits per heavy atom. The van der Waals surface area contributed by atoms with Crippen molar-refractivity contribution >= 4 is 28.8 Å². The minimum Gasteiger partial charge on any atom is -0.486 e. The van der Waals surface area contributed by atoms with E-state index in [2.05, 4.69) is 4.98 Å². The molecule has 0 saturated heterocycles. The summed E-state index contributed by atoms with van der Waals surface area (Å²) in [4.78, 5) is 5.16. The molecule has 0 amide bonds. The summed E-state index contributed by atoms with van der Waals surface area (Å²) in [5.74, 6) is 0.800. The first-order chi connectivity index (χ1) is 9.10. The number of halogens is 1. The number of rotatable bonds is 5. The standard InChI is InChI=1S/C13H14ClN3OS/c1-2-10-12(13(15)16)19-11(17-10)7-18-9-5-3-8(14)4-6-9/h3-6H,2,7H2,1H3,(H3,15,16). The van der Waals surface area contributed by atoms with Gasteiger partial charge in [-0.15, -0.1) is 11.3 Å². The lowest BCUT2D eigenvalue weighted by Crippen LogP contribution is -2.11. The van der Waals surface area contributed by atoms with Gasteiger partial charge in [0.1, 0.15) is 23.2 Å². The van der Waals surface area contributed by atoms with Gasteiger partial charge in [-0.1, -0.05) is 18.5 Å². The van der Waals surface area contributed by atoms with E-state index in [-0.39, 0.29) is 5.84 Å². The predicted molar refractivity (Wildman–Crippen MR) is 78.3 cm³/mol. The molecule has 4 nitrogen and oxygen atoms in total. The van der Waals surface area contributed by atoms with Gasteiger partial charge < -0.3 is 10.5 Å². The second-order valence-electron chi connectivity index (χ2n) is 3.89. The molecule has 0 saturated carbocycles. The first kappa shape index (κ1) is 13.8. The van der Waals surface area contributed by atoms with Crippen molar-refractivity contribution in [3.8, 4) is 5.75 Å². The Bertz CT molecular complexity index is 580. The molecule has 19 heavy (non-hydrogen) atoms. The summed E-state index contributed by atoms with van der Waals surface area (Å²) in [6.45, 7) is 2.36. The molecule has 0 aliphatic carbocycles. The van der Waals surface area contributed by atoms with Crippen molar-refractivity contribution in [2.24, 2.45) is 5.73 Å². The molecule has 0 fully saturated rings. The van der Waals surface area contributed by atoms with Crippen molar-refractivity contribution in [2.45, 2.75) is 20.0 Å². The molecule has 100 valence electrons. The van der Waals surface area contributed by atoms with Crippen molar-refractivity contribution in [3.63, 3.8) is 0 Å². The van der Waals surface area contributed by atoms with Crippen molar-refractivity contribution in [2.75, 3.05) is 0 Å². The van der Waals surface area contributed by atoms with Gasteiger partial charge in [-0.25, -0.2) is 4.98 Å². The second kappa shape index (κ2) is 6.04. The van der Waals surface area contributed by atoms with Gasteiger partial charge >= 0.3 is 0 Å². The number of thiazole rings is 1. The van der Waals surface area contributed by atoms with Gasteiger partial charge in [0.15, 0.2) is 0 Å². The van der Waals surface area contributed by atoms with Crippen molar-refractivity contribution in [1.29, 1.82) is 5.41 Å². The summed E-state index contributed by atoms with van der Waals surface area (Å²) in [7, 11) is 0. The van der Waals surface area contributed by atoms with E-state index < -0.39 is 0 Å². The van der Waals surface area contributed by atoms with Crippen LogP contribution in [-0.2, 0) is 13.0 Å². The molecule has 2 rings (SSSR count). The van der Waals surface area contributed by atoms with Crippen LogP contribution in [0.25, 0.3) is 0 Å². The second-order valence-corrected chi connectivity index (χ2v) is 5.41. The minimum absolute atomic E-state index is 0.0621. The number of ether oxygens (including phenoxy) is 1. The number of amidine groups is 1. The molecule has 0 unspecified atom stereocenters. The molecule has 0 spiro atoms. The number of aryl methyl sites for hydroxylation is 1. The third kappa shape index (κ3) is 3.45. The highest BCUT2D eigenvalue weighted by atomic mass is 35.5. The van der Waals surface area contributed by atoms with Crippen LogP contribution >= 0.6 is 22.9 Å². The van der Waals surface area contributed by atoms with E-state index in [1.807, 2.05) is 19.1 Å². The molecular weight excluding hydrogens is 282 g/mol. The van der Waals surface area contributed by atoms with E-state index in [9.17, 15) is 0 Å². The summed E-state index contributed by atoms with van der Waals surface area (Å²) in [6, 6.07) is 7.17. The fourth-order valence-corrected chi connectivity index (χ4v) is 2.64. The highest BCUT2D eigenvalue weighted by Gasteiger charge is 2.12. The molecule has 3 N–H and O–H groups in total. The Morgan fingerprint density at radius 1 is 1.42 bits per heavy atom. The molecule has 1 aromatic carbocycles. The van der Waals surface area contributed by atoms with Crippen LogP contribution in [0.2, 0.25) is 5.02 Å². The number of nitrogen functional groups attached to an aromatic ring is 1. The molecule has 1 aromatic heterocycles. The number of nitrogens with one attached hydrogen (secondary N) is 1. The smallest absolute Gasteiger partial charge is 0.140 e. The predicted octanol–water partition coefficient (Wildman–Crippen LogP) is 3.22. The van der Waals surface area contributed by atoms with Crippen LogP contribution in [0.3, 0.4) is 0 Å². The average Bonchev–Trinajstić information content (AvgIpc) is 2.81. The Labute approximate surface area is 120 Å². The monoisotopic (exact) mass is 295 g/mol. The lowest BCUT2D eigenvalue weighted by molar-refractivity contribution is 0.305. The minimum atomic E-state index is 0.0621. The fraction of sp³-hybridized carbons (Fsp3) is 0.231. The molecule has 2 aromatic rings. The molecular formula is C13H14ClN3OS. The van der Waals surface area contributed by atoms with Crippen molar-refractivity contribution in [1.82, 2.24) is 4.98 Å². The summed E-state index contributed by atoms with van der Waals surface area (Å²) in [6.07, 6.45) is 0.756. The SMILES string of the molecule is CCc1nc(COc2ccc(Cl)cc2)sc1C(=N)N. The van der Waals surface area contributed by atoms with Crippen LogP contribution < -0.4 is 10.5 Å². The maximum absolute atomic E-state index is 7.51. The maximum Gasteiger partial charge on any atom is 0.140 e.